The summed E-state index contributed by atoms with van der Waals surface area (Å²) >= 11 is 0. The van der Waals surface area contributed by atoms with Crippen molar-refractivity contribution < 1.29 is 31.1 Å². The summed E-state index contributed by atoms with van der Waals surface area (Å²) < 4.78 is 86.1. The highest BCUT2D eigenvalue weighted by atomic mass is 19.4. The van der Waals surface area contributed by atoms with Crippen molar-refractivity contribution >= 4 is 22.4 Å². The first-order valence-electron chi connectivity index (χ1n) is 13.1. The highest BCUT2D eigenvalue weighted by Gasteiger charge is 2.34. The molecule has 6 nitrogen and oxygen atoms in total. The van der Waals surface area contributed by atoms with Crippen LogP contribution in [-0.4, -0.2) is 46.3 Å². The molecule has 3 heterocycles. The number of halogens is 6. The van der Waals surface area contributed by atoms with Gasteiger partial charge >= 0.3 is 12.4 Å². The van der Waals surface area contributed by atoms with Crippen molar-refractivity contribution in [3.05, 3.63) is 77.7 Å². The Morgan fingerprint density at radius 2 is 1.63 bits per heavy atom. The van der Waals surface area contributed by atoms with E-state index in [1.54, 1.807) is 13.2 Å². The van der Waals surface area contributed by atoms with Gasteiger partial charge in [-0.05, 0) is 61.4 Å². The van der Waals surface area contributed by atoms with Crippen LogP contribution in [0.25, 0.3) is 22.2 Å². The Labute approximate surface area is 232 Å². The molecule has 216 valence electrons. The Balaban J connectivity index is 1.57. The van der Waals surface area contributed by atoms with Crippen molar-refractivity contribution in [1.29, 1.82) is 0 Å². The van der Waals surface area contributed by atoms with E-state index >= 15 is 0 Å². The summed E-state index contributed by atoms with van der Waals surface area (Å²) in [6.45, 7) is 1.71. The lowest BCUT2D eigenvalue weighted by molar-refractivity contribution is -0.138. The van der Waals surface area contributed by atoms with E-state index in [1.807, 2.05) is 0 Å². The van der Waals surface area contributed by atoms with Gasteiger partial charge in [0.2, 0.25) is 0 Å². The third-order valence-corrected chi connectivity index (χ3v) is 7.03. The van der Waals surface area contributed by atoms with Gasteiger partial charge in [0.1, 0.15) is 17.9 Å². The number of pyridine rings is 1. The number of benzene rings is 2. The largest absolute Gasteiger partial charge is 0.418 e. The normalized spacial score (nSPS) is 15.7. The second kappa shape index (κ2) is 11.6. The maximum absolute atomic E-state index is 13.7. The SMILES string of the molecule is COC(Cc1nc(Nc2ccc(C(F)(F)F)cc2)c2ccc(-c3ncccc3C(F)(F)F)cc2n1)N1CCCCC1. The summed E-state index contributed by atoms with van der Waals surface area (Å²) in [7, 11) is 1.60. The number of alkyl halides is 6. The predicted molar refractivity (Wildman–Crippen MR) is 142 cm³/mol. The molecule has 4 aromatic rings. The number of methoxy groups -OCH3 is 1. The van der Waals surface area contributed by atoms with Crippen LogP contribution in [0.15, 0.2) is 60.8 Å². The summed E-state index contributed by atoms with van der Waals surface area (Å²) in [5, 5.41) is 3.54. The number of ether oxygens (including phenoxy) is 1. The second-order valence-corrected chi connectivity index (χ2v) is 9.81. The fraction of sp³-hybridized carbons (Fsp3) is 0.345. The molecule has 5 rings (SSSR count). The van der Waals surface area contributed by atoms with Gasteiger partial charge in [-0.2, -0.15) is 26.3 Å². The van der Waals surface area contributed by atoms with E-state index in [1.165, 1.54) is 36.5 Å². The maximum atomic E-state index is 13.7. The van der Waals surface area contributed by atoms with Gasteiger partial charge < -0.3 is 10.1 Å². The number of aromatic nitrogens is 3. The maximum Gasteiger partial charge on any atom is 0.418 e. The molecule has 0 radical (unpaired) electrons. The van der Waals surface area contributed by atoms with Gasteiger partial charge in [0.25, 0.3) is 0 Å². The van der Waals surface area contributed by atoms with Crippen molar-refractivity contribution in [1.82, 2.24) is 19.9 Å². The number of likely N-dealkylation sites (tertiary alicyclic amines) is 1. The number of rotatable bonds is 7. The van der Waals surface area contributed by atoms with Crippen LogP contribution in [0.1, 0.15) is 36.2 Å². The molecule has 0 spiro atoms. The zero-order chi connectivity index (χ0) is 29.2. The predicted octanol–water partition coefficient (Wildman–Crippen LogP) is 7.47. The molecule has 0 amide bonds. The first kappa shape index (κ1) is 28.7. The summed E-state index contributed by atoms with van der Waals surface area (Å²) in [6, 6.07) is 11.3. The first-order valence-corrected chi connectivity index (χ1v) is 13.1. The zero-order valence-electron chi connectivity index (χ0n) is 22.1. The standard InChI is InChI=1S/C29H27F6N5O/c1-41-25(40-14-3-2-4-15-40)17-24-38-23-16-18(26-22(29(33,34)35)6-5-13-36-26)7-12-21(23)27(39-24)37-20-10-8-19(9-11-20)28(30,31)32/h5-13,16,25H,2-4,14-15,17H2,1H3,(H,37,38,39). The molecule has 41 heavy (non-hydrogen) atoms. The monoisotopic (exact) mass is 575 g/mol. The Hall–Kier alpha value is -3.77. The van der Waals surface area contributed by atoms with Crippen molar-refractivity contribution in [2.45, 2.75) is 44.3 Å². The van der Waals surface area contributed by atoms with E-state index in [9.17, 15) is 26.3 Å². The number of anilines is 2. The lowest BCUT2D eigenvalue weighted by Gasteiger charge is -2.33. The van der Waals surface area contributed by atoms with E-state index < -0.39 is 23.5 Å². The minimum absolute atomic E-state index is 0.217. The molecular formula is C29H27F6N5O. The minimum atomic E-state index is -4.61. The van der Waals surface area contributed by atoms with E-state index in [-0.39, 0.29) is 17.5 Å². The molecule has 2 aromatic carbocycles. The van der Waals surface area contributed by atoms with Crippen LogP contribution in [0.3, 0.4) is 0 Å². The molecule has 1 N–H and O–H groups in total. The average Bonchev–Trinajstić information content (AvgIpc) is 2.95. The van der Waals surface area contributed by atoms with Crippen molar-refractivity contribution in [2.24, 2.45) is 0 Å². The quantitative estimate of drug-likeness (QED) is 0.231. The zero-order valence-corrected chi connectivity index (χ0v) is 22.1. The molecule has 0 aliphatic carbocycles. The van der Waals surface area contributed by atoms with Gasteiger partial charge in [-0.25, -0.2) is 9.97 Å². The lowest BCUT2D eigenvalue weighted by atomic mass is 10.0. The molecule has 1 saturated heterocycles. The van der Waals surface area contributed by atoms with Crippen LogP contribution in [-0.2, 0) is 23.5 Å². The van der Waals surface area contributed by atoms with Crippen LogP contribution >= 0.6 is 0 Å². The van der Waals surface area contributed by atoms with Crippen LogP contribution in [0.2, 0.25) is 0 Å². The van der Waals surface area contributed by atoms with E-state index in [2.05, 4.69) is 25.2 Å². The van der Waals surface area contributed by atoms with Gasteiger partial charge in [-0.1, -0.05) is 12.5 Å². The molecule has 1 fully saturated rings. The number of piperidine rings is 1. The van der Waals surface area contributed by atoms with Crippen LogP contribution < -0.4 is 5.32 Å². The van der Waals surface area contributed by atoms with E-state index in [0.717, 1.165) is 50.6 Å². The Kier molecular flexibility index (Phi) is 8.14. The molecule has 1 atom stereocenters. The third kappa shape index (κ3) is 6.59. The number of fused-ring (bicyclic) bond motifs is 1. The Morgan fingerprint density at radius 1 is 0.902 bits per heavy atom. The highest BCUT2D eigenvalue weighted by molar-refractivity contribution is 5.93. The van der Waals surface area contributed by atoms with Crippen LogP contribution in [0.4, 0.5) is 37.8 Å². The number of hydrogen-bond donors (Lipinski definition) is 1. The fourth-order valence-corrected chi connectivity index (χ4v) is 4.98. The van der Waals surface area contributed by atoms with Gasteiger partial charge in [-0.15, -0.1) is 0 Å². The first-order chi connectivity index (χ1) is 19.5. The number of hydrogen-bond acceptors (Lipinski definition) is 6. The highest BCUT2D eigenvalue weighted by Crippen LogP contribution is 2.37. The van der Waals surface area contributed by atoms with Crippen molar-refractivity contribution in [2.75, 3.05) is 25.5 Å². The summed E-state index contributed by atoms with van der Waals surface area (Å²) in [4.78, 5) is 15.5. The Bertz CT molecular complexity index is 1500. The van der Waals surface area contributed by atoms with Gasteiger partial charge in [0, 0.05) is 49.5 Å². The van der Waals surface area contributed by atoms with Crippen molar-refractivity contribution in [3.63, 3.8) is 0 Å². The van der Waals surface area contributed by atoms with Crippen LogP contribution in [0, 0.1) is 0 Å². The molecule has 0 bridgehead atoms. The smallest absolute Gasteiger partial charge is 0.366 e. The summed E-state index contributed by atoms with van der Waals surface area (Å²) in [5.74, 6) is 0.681. The molecule has 2 aromatic heterocycles. The molecule has 1 unspecified atom stereocenters. The topological polar surface area (TPSA) is 63.2 Å². The number of nitrogens with zero attached hydrogens (tertiary/aromatic N) is 4. The van der Waals surface area contributed by atoms with Gasteiger partial charge in [0.05, 0.1) is 22.3 Å². The van der Waals surface area contributed by atoms with Gasteiger partial charge in [0.15, 0.2) is 0 Å². The van der Waals surface area contributed by atoms with Gasteiger partial charge in [-0.3, -0.25) is 9.88 Å². The van der Waals surface area contributed by atoms with E-state index in [0.29, 0.717) is 34.7 Å². The molecule has 12 heteroatoms. The van der Waals surface area contributed by atoms with Crippen LogP contribution in [0.5, 0.6) is 0 Å². The second-order valence-electron chi connectivity index (χ2n) is 9.81. The lowest BCUT2D eigenvalue weighted by Crippen LogP contribution is -2.42. The molecule has 0 saturated carbocycles. The summed E-state index contributed by atoms with van der Waals surface area (Å²) in [5.41, 5.74) is -0.967. The fourth-order valence-electron chi connectivity index (χ4n) is 4.98. The summed E-state index contributed by atoms with van der Waals surface area (Å²) in [6.07, 6.45) is -4.60. The van der Waals surface area contributed by atoms with Crippen molar-refractivity contribution in [3.8, 4) is 11.3 Å². The number of nitrogens with one attached hydrogen (secondary N) is 1. The minimum Gasteiger partial charge on any atom is -0.366 e. The van der Waals surface area contributed by atoms with E-state index in [4.69, 9.17) is 4.74 Å². The third-order valence-electron chi connectivity index (χ3n) is 7.03. The molecule has 1 aliphatic rings. The molecular weight excluding hydrogens is 548 g/mol. The average molecular weight is 576 g/mol. The Morgan fingerprint density at radius 3 is 2.29 bits per heavy atom. The molecule has 1 aliphatic heterocycles.